The van der Waals surface area contributed by atoms with Crippen LogP contribution in [0.3, 0.4) is 0 Å². The molecule has 1 aliphatic heterocycles. The third-order valence-electron chi connectivity index (χ3n) is 5.33. The van der Waals surface area contributed by atoms with E-state index in [9.17, 15) is 18.0 Å². The summed E-state index contributed by atoms with van der Waals surface area (Å²) < 4.78 is 39.3. The number of nitrogens with zero attached hydrogens (tertiary/aromatic N) is 1. The Bertz CT molecular complexity index is 637. The highest BCUT2D eigenvalue weighted by Gasteiger charge is 2.34. The van der Waals surface area contributed by atoms with E-state index in [-0.39, 0.29) is 48.2 Å². The minimum Gasteiger partial charge on any atom is -0.370 e. The maximum atomic E-state index is 13.1. The number of nitrogens with one attached hydrogen (secondary N) is 1. The molecule has 0 bridgehead atoms. The van der Waals surface area contributed by atoms with Crippen LogP contribution < -0.4 is 16.0 Å². The van der Waals surface area contributed by atoms with Crippen LogP contribution in [0.2, 0.25) is 0 Å². The molecule has 1 amide bonds. The normalized spacial score (nSPS) is 22.1. The van der Waals surface area contributed by atoms with Crippen molar-refractivity contribution in [1.82, 2.24) is 0 Å². The smallest absolute Gasteiger partial charge is 0.370 e. The zero-order valence-electron chi connectivity index (χ0n) is 14.9. The summed E-state index contributed by atoms with van der Waals surface area (Å²) in [6, 6.07) is 3.61. The monoisotopic (exact) mass is 427 g/mol. The number of alkyl halides is 3. The zero-order valence-corrected chi connectivity index (χ0v) is 16.6. The molecule has 1 saturated carbocycles. The van der Waals surface area contributed by atoms with Gasteiger partial charge < -0.3 is 16.0 Å². The molecule has 0 unspecified atom stereocenters. The fraction of sp³-hybridized carbons (Fsp3) is 0.611. The second-order valence-corrected chi connectivity index (χ2v) is 6.95. The molecule has 1 aromatic carbocycles. The first-order chi connectivity index (χ1) is 11.9. The lowest BCUT2D eigenvalue weighted by molar-refractivity contribution is -0.137. The lowest BCUT2D eigenvalue weighted by atomic mass is 9.95. The number of rotatable bonds is 4. The highest BCUT2D eigenvalue weighted by atomic mass is 35.5. The average molecular weight is 428 g/mol. The predicted octanol–water partition coefficient (Wildman–Crippen LogP) is 4.46. The topological polar surface area (TPSA) is 58.4 Å². The summed E-state index contributed by atoms with van der Waals surface area (Å²) in [5, 5.41) is 2.77. The van der Waals surface area contributed by atoms with E-state index in [1.54, 1.807) is 0 Å². The van der Waals surface area contributed by atoms with Gasteiger partial charge in [0.05, 0.1) is 16.9 Å². The van der Waals surface area contributed by atoms with Crippen molar-refractivity contribution < 1.29 is 18.0 Å². The fourth-order valence-corrected chi connectivity index (χ4v) is 3.94. The zero-order chi connectivity index (χ0) is 18.0. The molecule has 1 aliphatic carbocycles. The van der Waals surface area contributed by atoms with Crippen LogP contribution in [0.4, 0.5) is 24.5 Å². The molecule has 0 radical (unpaired) electrons. The second kappa shape index (κ2) is 9.85. The number of carbonyl (C=O) groups is 1. The maximum Gasteiger partial charge on any atom is 0.416 e. The second-order valence-electron chi connectivity index (χ2n) is 6.95. The summed E-state index contributed by atoms with van der Waals surface area (Å²) >= 11 is 0. The van der Waals surface area contributed by atoms with Gasteiger partial charge in [0.1, 0.15) is 0 Å². The number of hydrogen-bond acceptors (Lipinski definition) is 3. The molecule has 3 N–H and O–H groups in total. The summed E-state index contributed by atoms with van der Waals surface area (Å²) in [5.74, 6) is -0.320. The Morgan fingerprint density at radius 2 is 1.81 bits per heavy atom. The van der Waals surface area contributed by atoms with E-state index in [4.69, 9.17) is 5.73 Å². The highest BCUT2D eigenvalue weighted by Crippen LogP contribution is 2.38. The maximum absolute atomic E-state index is 13.1. The third-order valence-corrected chi connectivity index (χ3v) is 5.33. The Labute approximate surface area is 169 Å². The van der Waals surface area contributed by atoms with Gasteiger partial charge in [-0.2, -0.15) is 13.2 Å². The summed E-state index contributed by atoms with van der Waals surface area (Å²) in [4.78, 5) is 14.7. The van der Waals surface area contributed by atoms with E-state index in [1.165, 1.54) is 6.07 Å². The molecule has 0 aromatic heterocycles. The van der Waals surface area contributed by atoms with Crippen LogP contribution in [0.1, 0.15) is 37.7 Å². The largest absolute Gasteiger partial charge is 0.416 e. The van der Waals surface area contributed by atoms with Gasteiger partial charge in [0.15, 0.2) is 0 Å². The van der Waals surface area contributed by atoms with Crippen molar-refractivity contribution >= 4 is 42.1 Å². The van der Waals surface area contributed by atoms with Gasteiger partial charge in [-0.25, -0.2) is 0 Å². The van der Waals surface area contributed by atoms with Crippen molar-refractivity contribution in [2.75, 3.05) is 29.9 Å². The molecule has 0 spiro atoms. The van der Waals surface area contributed by atoms with Gasteiger partial charge in [-0.15, -0.1) is 24.8 Å². The molecule has 1 aromatic rings. The Morgan fingerprint density at radius 3 is 2.41 bits per heavy atom. The summed E-state index contributed by atoms with van der Waals surface area (Å²) in [5.41, 5.74) is 5.91. The lowest BCUT2D eigenvalue weighted by Gasteiger charge is -2.24. The number of carbonyl (C=O) groups excluding carboxylic acids is 1. The summed E-state index contributed by atoms with van der Waals surface area (Å²) in [6.45, 7) is 2.02. The fourth-order valence-electron chi connectivity index (χ4n) is 3.94. The molecular formula is C18H26Cl2F3N3O. The molecule has 9 heteroatoms. The van der Waals surface area contributed by atoms with Crippen molar-refractivity contribution in [3.05, 3.63) is 23.8 Å². The first-order valence-electron chi connectivity index (χ1n) is 8.87. The van der Waals surface area contributed by atoms with E-state index in [2.05, 4.69) is 5.32 Å². The van der Waals surface area contributed by atoms with Gasteiger partial charge in [0, 0.05) is 19.0 Å². The number of halogens is 5. The molecule has 3 rings (SSSR count). The Morgan fingerprint density at radius 1 is 1.15 bits per heavy atom. The highest BCUT2D eigenvalue weighted by molar-refractivity contribution is 5.96. The van der Waals surface area contributed by atoms with Gasteiger partial charge in [-0.05, 0) is 56.3 Å². The standard InChI is InChI=1S/C18H24F3N3O.2ClH/c19-18(20,21)13-6-7-16(24-8-1-2-9-24)15(10-13)23-17(25)14-5-3-4-12(14)11-22;;/h6-7,10,12,14H,1-5,8-9,11,22H2,(H,23,25);2*1H/t12-,14-;;/m1../s1. The van der Waals surface area contributed by atoms with Crippen LogP contribution in [0.15, 0.2) is 18.2 Å². The summed E-state index contributed by atoms with van der Waals surface area (Å²) in [6.07, 6.45) is 0.151. The molecule has 2 atom stereocenters. The Kier molecular flexibility index (Phi) is 8.70. The Hall–Kier alpha value is -1.18. The number of amides is 1. The molecule has 2 aliphatic rings. The molecular weight excluding hydrogens is 402 g/mol. The van der Waals surface area contributed by atoms with Crippen LogP contribution in [0.25, 0.3) is 0 Å². The van der Waals surface area contributed by atoms with Gasteiger partial charge in [-0.3, -0.25) is 4.79 Å². The first-order valence-corrected chi connectivity index (χ1v) is 8.87. The number of hydrogen-bond donors (Lipinski definition) is 2. The van der Waals surface area contributed by atoms with E-state index >= 15 is 0 Å². The SMILES string of the molecule is Cl.Cl.NC[C@H]1CCC[C@H]1C(=O)Nc1cc(C(F)(F)F)ccc1N1CCCC1. The molecule has 1 saturated heterocycles. The molecule has 154 valence electrons. The van der Waals surface area contributed by atoms with E-state index in [0.717, 1.165) is 57.3 Å². The Balaban J connectivity index is 0.00000182. The van der Waals surface area contributed by atoms with Crippen LogP contribution in [-0.2, 0) is 11.0 Å². The quantitative estimate of drug-likeness (QED) is 0.745. The molecule has 27 heavy (non-hydrogen) atoms. The van der Waals surface area contributed by atoms with Crippen LogP contribution in [-0.4, -0.2) is 25.5 Å². The van der Waals surface area contributed by atoms with Crippen LogP contribution >= 0.6 is 24.8 Å². The molecule has 4 nitrogen and oxygen atoms in total. The van der Waals surface area contributed by atoms with Crippen molar-refractivity contribution in [2.45, 2.75) is 38.3 Å². The van der Waals surface area contributed by atoms with Crippen molar-refractivity contribution in [1.29, 1.82) is 0 Å². The van der Waals surface area contributed by atoms with Gasteiger partial charge in [-0.1, -0.05) is 6.42 Å². The number of anilines is 2. The molecule has 1 heterocycles. The van der Waals surface area contributed by atoms with Gasteiger partial charge in [0.2, 0.25) is 5.91 Å². The van der Waals surface area contributed by atoms with E-state index < -0.39 is 11.7 Å². The van der Waals surface area contributed by atoms with Crippen molar-refractivity contribution in [2.24, 2.45) is 17.6 Å². The average Bonchev–Trinajstić information content (AvgIpc) is 3.25. The third kappa shape index (κ3) is 5.42. The summed E-state index contributed by atoms with van der Waals surface area (Å²) in [7, 11) is 0. The number of nitrogens with two attached hydrogens (primary N) is 1. The van der Waals surface area contributed by atoms with E-state index in [1.807, 2.05) is 4.90 Å². The predicted molar refractivity (Wildman–Crippen MR) is 106 cm³/mol. The minimum absolute atomic E-state index is 0. The van der Waals surface area contributed by atoms with Crippen LogP contribution in [0, 0.1) is 11.8 Å². The lowest BCUT2D eigenvalue weighted by Crippen LogP contribution is -2.30. The van der Waals surface area contributed by atoms with Crippen LogP contribution in [0.5, 0.6) is 0 Å². The van der Waals surface area contributed by atoms with E-state index in [0.29, 0.717) is 12.2 Å². The molecule has 2 fully saturated rings. The van der Waals surface area contributed by atoms with Gasteiger partial charge in [0.25, 0.3) is 0 Å². The van der Waals surface area contributed by atoms with Crippen molar-refractivity contribution in [3.63, 3.8) is 0 Å². The van der Waals surface area contributed by atoms with Gasteiger partial charge >= 0.3 is 6.18 Å². The first kappa shape index (κ1) is 23.9. The van der Waals surface area contributed by atoms with Crippen molar-refractivity contribution in [3.8, 4) is 0 Å². The minimum atomic E-state index is -4.43. The number of benzene rings is 1.